The zero-order chi connectivity index (χ0) is 13.8. The number of thiazole rings is 1. The number of aromatic nitrogens is 1. The van der Waals surface area contributed by atoms with E-state index in [1.807, 2.05) is 0 Å². The summed E-state index contributed by atoms with van der Waals surface area (Å²) in [7, 11) is 6.22. The third kappa shape index (κ3) is 3.47. The predicted octanol–water partition coefficient (Wildman–Crippen LogP) is 3.41. The van der Waals surface area contributed by atoms with Crippen LogP contribution in [0.1, 0.15) is 17.6 Å². The van der Waals surface area contributed by atoms with Crippen molar-refractivity contribution in [2.24, 2.45) is 0 Å². The standard InChI is InChI=1S/C15H21N3S/c1-5-15-16-12(11-19-15)10-18(4)14-8-6-13(7-9-14)17(2)3/h6-9,11H,5,10H2,1-4H3. The first-order valence-electron chi connectivity index (χ1n) is 6.52. The summed E-state index contributed by atoms with van der Waals surface area (Å²) in [6, 6.07) is 8.60. The monoisotopic (exact) mass is 275 g/mol. The van der Waals surface area contributed by atoms with Gasteiger partial charge in [0, 0.05) is 37.9 Å². The van der Waals surface area contributed by atoms with Crippen molar-refractivity contribution in [3.63, 3.8) is 0 Å². The van der Waals surface area contributed by atoms with Crippen molar-refractivity contribution in [2.75, 3.05) is 30.9 Å². The second kappa shape index (κ2) is 6.06. The third-order valence-electron chi connectivity index (χ3n) is 3.11. The number of hydrogen-bond donors (Lipinski definition) is 0. The summed E-state index contributed by atoms with van der Waals surface area (Å²) in [6.45, 7) is 3.00. The number of anilines is 2. The van der Waals surface area contributed by atoms with E-state index in [0.29, 0.717) is 0 Å². The molecule has 2 rings (SSSR count). The fourth-order valence-electron chi connectivity index (χ4n) is 1.92. The normalized spacial score (nSPS) is 10.5. The number of nitrogens with zero attached hydrogens (tertiary/aromatic N) is 3. The van der Waals surface area contributed by atoms with Gasteiger partial charge in [0.2, 0.25) is 0 Å². The molecule has 0 saturated carbocycles. The number of rotatable bonds is 5. The van der Waals surface area contributed by atoms with Gasteiger partial charge in [-0.1, -0.05) is 6.92 Å². The predicted molar refractivity (Wildman–Crippen MR) is 84.4 cm³/mol. The average Bonchev–Trinajstić information content (AvgIpc) is 2.86. The van der Waals surface area contributed by atoms with E-state index in [9.17, 15) is 0 Å². The van der Waals surface area contributed by atoms with Crippen LogP contribution in [0.5, 0.6) is 0 Å². The van der Waals surface area contributed by atoms with Crippen LogP contribution in [-0.4, -0.2) is 26.1 Å². The van der Waals surface area contributed by atoms with Gasteiger partial charge in [0.05, 0.1) is 17.2 Å². The van der Waals surface area contributed by atoms with Crippen LogP contribution in [0.2, 0.25) is 0 Å². The van der Waals surface area contributed by atoms with Crippen LogP contribution in [0.15, 0.2) is 29.6 Å². The summed E-state index contributed by atoms with van der Waals surface area (Å²) in [5, 5.41) is 3.37. The van der Waals surface area contributed by atoms with Gasteiger partial charge in [0.25, 0.3) is 0 Å². The van der Waals surface area contributed by atoms with E-state index >= 15 is 0 Å². The maximum Gasteiger partial charge on any atom is 0.0926 e. The van der Waals surface area contributed by atoms with Crippen LogP contribution in [-0.2, 0) is 13.0 Å². The molecule has 0 fully saturated rings. The molecule has 0 saturated heterocycles. The van der Waals surface area contributed by atoms with Gasteiger partial charge >= 0.3 is 0 Å². The molecule has 0 aliphatic heterocycles. The van der Waals surface area contributed by atoms with Gasteiger partial charge in [0.1, 0.15) is 0 Å². The largest absolute Gasteiger partial charge is 0.378 e. The van der Waals surface area contributed by atoms with Gasteiger partial charge in [-0.25, -0.2) is 4.98 Å². The molecule has 3 nitrogen and oxygen atoms in total. The zero-order valence-corrected chi connectivity index (χ0v) is 12.9. The van der Waals surface area contributed by atoms with Gasteiger partial charge < -0.3 is 9.80 Å². The lowest BCUT2D eigenvalue weighted by Gasteiger charge is -2.19. The Morgan fingerprint density at radius 2 is 1.68 bits per heavy atom. The molecule has 0 aliphatic carbocycles. The molecule has 1 heterocycles. The Kier molecular flexibility index (Phi) is 4.43. The summed E-state index contributed by atoms with van der Waals surface area (Å²) in [6.07, 6.45) is 1.02. The van der Waals surface area contributed by atoms with E-state index in [4.69, 9.17) is 0 Å². The Morgan fingerprint density at radius 3 is 2.21 bits per heavy atom. The van der Waals surface area contributed by atoms with Gasteiger partial charge in [-0.2, -0.15) is 0 Å². The number of aryl methyl sites for hydroxylation is 1. The van der Waals surface area contributed by atoms with Crippen molar-refractivity contribution >= 4 is 22.7 Å². The molecular weight excluding hydrogens is 254 g/mol. The van der Waals surface area contributed by atoms with E-state index in [1.54, 1.807) is 11.3 Å². The Balaban J connectivity index is 2.04. The zero-order valence-electron chi connectivity index (χ0n) is 12.1. The van der Waals surface area contributed by atoms with E-state index in [1.165, 1.54) is 16.4 Å². The highest BCUT2D eigenvalue weighted by molar-refractivity contribution is 7.09. The highest BCUT2D eigenvalue weighted by atomic mass is 32.1. The fourth-order valence-corrected chi connectivity index (χ4v) is 2.66. The van der Waals surface area contributed by atoms with E-state index < -0.39 is 0 Å². The summed E-state index contributed by atoms with van der Waals surface area (Å²) in [5.41, 5.74) is 3.59. The molecule has 4 heteroatoms. The van der Waals surface area contributed by atoms with Crippen molar-refractivity contribution < 1.29 is 0 Å². The number of hydrogen-bond acceptors (Lipinski definition) is 4. The minimum atomic E-state index is 0.859. The lowest BCUT2D eigenvalue weighted by Crippen LogP contribution is -2.17. The van der Waals surface area contributed by atoms with Crippen molar-refractivity contribution in [2.45, 2.75) is 19.9 Å². The quantitative estimate of drug-likeness (QED) is 0.833. The topological polar surface area (TPSA) is 19.4 Å². The molecule has 1 aromatic heterocycles. The van der Waals surface area contributed by atoms with Gasteiger partial charge in [-0.05, 0) is 30.7 Å². The second-order valence-electron chi connectivity index (χ2n) is 4.85. The molecule has 0 aliphatic rings. The molecule has 2 aromatic rings. The number of benzene rings is 1. The van der Waals surface area contributed by atoms with Crippen molar-refractivity contribution in [1.29, 1.82) is 0 Å². The minimum Gasteiger partial charge on any atom is -0.378 e. The lowest BCUT2D eigenvalue weighted by atomic mass is 10.2. The Hall–Kier alpha value is -1.55. The first-order valence-corrected chi connectivity index (χ1v) is 7.40. The van der Waals surface area contributed by atoms with Gasteiger partial charge in [0.15, 0.2) is 0 Å². The summed E-state index contributed by atoms with van der Waals surface area (Å²) < 4.78 is 0. The first-order chi connectivity index (χ1) is 9.10. The van der Waals surface area contributed by atoms with Gasteiger partial charge in [-0.3, -0.25) is 0 Å². The van der Waals surface area contributed by atoms with E-state index in [0.717, 1.165) is 18.7 Å². The lowest BCUT2D eigenvalue weighted by molar-refractivity contribution is 0.883. The van der Waals surface area contributed by atoms with Crippen LogP contribution in [0.3, 0.4) is 0 Å². The Labute approximate surface area is 119 Å². The van der Waals surface area contributed by atoms with Crippen LogP contribution >= 0.6 is 11.3 Å². The van der Waals surface area contributed by atoms with E-state index in [2.05, 4.69) is 72.5 Å². The SMILES string of the molecule is CCc1nc(CN(C)c2ccc(N(C)C)cc2)cs1. The maximum absolute atomic E-state index is 4.61. The van der Waals surface area contributed by atoms with Crippen molar-refractivity contribution in [3.05, 3.63) is 40.3 Å². The van der Waals surface area contributed by atoms with Crippen LogP contribution in [0.4, 0.5) is 11.4 Å². The Bertz CT molecular complexity index is 516. The minimum absolute atomic E-state index is 0.859. The molecule has 1 aromatic carbocycles. The smallest absolute Gasteiger partial charge is 0.0926 e. The molecule has 0 spiro atoms. The average molecular weight is 275 g/mol. The molecule has 19 heavy (non-hydrogen) atoms. The molecule has 0 bridgehead atoms. The highest BCUT2D eigenvalue weighted by Gasteiger charge is 2.06. The molecular formula is C15H21N3S. The fraction of sp³-hybridized carbons (Fsp3) is 0.400. The highest BCUT2D eigenvalue weighted by Crippen LogP contribution is 2.20. The van der Waals surface area contributed by atoms with Gasteiger partial charge in [-0.15, -0.1) is 11.3 Å². The first kappa shape index (κ1) is 13.9. The molecule has 0 amide bonds. The van der Waals surface area contributed by atoms with E-state index in [-0.39, 0.29) is 0 Å². The van der Waals surface area contributed by atoms with Crippen LogP contribution in [0.25, 0.3) is 0 Å². The summed E-state index contributed by atoms with van der Waals surface area (Å²) in [4.78, 5) is 8.95. The summed E-state index contributed by atoms with van der Waals surface area (Å²) >= 11 is 1.75. The molecule has 0 radical (unpaired) electrons. The second-order valence-corrected chi connectivity index (χ2v) is 5.80. The van der Waals surface area contributed by atoms with Crippen LogP contribution < -0.4 is 9.80 Å². The molecule has 0 atom stereocenters. The molecule has 102 valence electrons. The van der Waals surface area contributed by atoms with Crippen molar-refractivity contribution in [1.82, 2.24) is 4.98 Å². The van der Waals surface area contributed by atoms with Crippen LogP contribution in [0, 0.1) is 0 Å². The van der Waals surface area contributed by atoms with Crippen molar-refractivity contribution in [3.8, 4) is 0 Å². The maximum atomic E-state index is 4.61. The third-order valence-corrected chi connectivity index (χ3v) is 4.15. The molecule has 0 N–H and O–H groups in total. The molecule has 0 unspecified atom stereocenters. The Morgan fingerprint density at radius 1 is 1.05 bits per heavy atom. The summed E-state index contributed by atoms with van der Waals surface area (Å²) in [5.74, 6) is 0.